The fourth-order valence-corrected chi connectivity index (χ4v) is 0.819. The molecule has 48 valence electrons. The molecule has 1 saturated heterocycles. The summed E-state index contributed by atoms with van der Waals surface area (Å²) in [5.41, 5.74) is 2.85. The number of hydrogen-bond acceptors (Lipinski definition) is 2. The van der Waals surface area contributed by atoms with Crippen molar-refractivity contribution in [2.45, 2.75) is 13.8 Å². The first-order valence-electron chi connectivity index (χ1n) is 3.15. The zero-order valence-corrected chi connectivity index (χ0v) is 5.48. The van der Waals surface area contributed by atoms with Crippen LogP contribution in [0.2, 0.25) is 0 Å². The molecule has 0 spiro atoms. The quantitative estimate of drug-likeness (QED) is 0.545. The van der Waals surface area contributed by atoms with Gasteiger partial charge in [-0.05, 0) is 5.92 Å². The van der Waals surface area contributed by atoms with E-state index in [-0.39, 0.29) is 0 Å². The first kappa shape index (κ1) is 6.05. The number of rotatable bonds is 1. The van der Waals surface area contributed by atoms with Crippen LogP contribution >= 0.6 is 0 Å². The van der Waals surface area contributed by atoms with Crippen LogP contribution in [0.15, 0.2) is 0 Å². The van der Waals surface area contributed by atoms with E-state index in [4.69, 9.17) is 4.84 Å². The first-order valence-corrected chi connectivity index (χ1v) is 3.15. The van der Waals surface area contributed by atoms with Gasteiger partial charge in [-0.1, -0.05) is 13.8 Å². The topological polar surface area (TPSA) is 21.3 Å². The van der Waals surface area contributed by atoms with E-state index in [0.29, 0.717) is 0 Å². The third-order valence-electron chi connectivity index (χ3n) is 1.69. The molecular weight excluding hydrogens is 102 g/mol. The van der Waals surface area contributed by atoms with Crippen LogP contribution in [0.25, 0.3) is 0 Å². The van der Waals surface area contributed by atoms with Gasteiger partial charge in [0.1, 0.15) is 0 Å². The Kier molecular flexibility index (Phi) is 1.86. The third kappa shape index (κ3) is 1.20. The molecule has 0 aromatic rings. The smallest absolute Gasteiger partial charge is 0.0725 e. The van der Waals surface area contributed by atoms with Gasteiger partial charge in [0.15, 0.2) is 0 Å². The summed E-state index contributed by atoms with van der Waals surface area (Å²) in [6.45, 7) is 6.36. The second kappa shape index (κ2) is 2.46. The van der Waals surface area contributed by atoms with Crippen LogP contribution in [0.4, 0.5) is 0 Å². The van der Waals surface area contributed by atoms with Crippen molar-refractivity contribution < 1.29 is 4.84 Å². The van der Waals surface area contributed by atoms with Gasteiger partial charge in [-0.15, -0.1) is 0 Å². The van der Waals surface area contributed by atoms with Crippen LogP contribution in [0.3, 0.4) is 0 Å². The van der Waals surface area contributed by atoms with E-state index >= 15 is 0 Å². The maximum absolute atomic E-state index is 4.97. The second-order valence-corrected chi connectivity index (χ2v) is 2.66. The van der Waals surface area contributed by atoms with Gasteiger partial charge < -0.3 is 4.84 Å². The number of hydrogen-bond donors (Lipinski definition) is 1. The van der Waals surface area contributed by atoms with Gasteiger partial charge in [0.25, 0.3) is 0 Å². The molecule has 0 aromatic heterocycles. The van der Waals surface area contributed by atoms with E-state index in [2.05, 4.69) is 19.3 Å². The van der Waals surface area contributed by atoms with Gasteiger partial charge >= 0.3 is 0 Å². The average Bonchev–Trinajstić information content (AvgIpc) is 2.12. The molecule has 0 aromatic carbocycles. The van der Waals surface area contributed by atoms with Crippen LogP contribution in [-0.4, -0.2) is 13.2 Å². The van der Waals surface area contributed by atoms with Gasteiger partial charge in [-0.3, -0.25) is 0 Å². The molecule has 8 heavy (non-hydrogen) atoms. The van der Waals surface area contributed by atoms with Crippen LogP contribution < -0.4 is 5.48 Å². The van der Waals surface area contributed by atoms with E-state index in [1.807, 2.05) is 0 Å². The molecule has 0 bridgehead atoms. The van der Waals surface area contributed by atoms with Crippen molar-refractivity contribution in [2.75, 3.05) is 13.2 Å². The largest absolute Gasteiger partial charge is 0.301 e. The Bertz CT molecular complexity index is 66.9. The Hall–Kier alpha value is -0.0800. The van der Waals surface area contributed by atoms with Gasteiger partial charge in [0.2, 0.25) is 0 Å². The van der Waals surface area contributed by atoms with Crippen molar-refractivity contribution in [3.8, 4) is 0 Å². The van der Waals surface area contributed by atoms with Crippen molar-refractivity contribution in [2.24, 2.45) is 11.8 Å². The molecule has 1 N–H and O–H groups in total. The van der Waals surface area contributed by atoms with Crippen LogP contribution in [0.5, 0.6) is 0 Å². The fourth-order valence-electron chi connectivity index (χ4n) is 0.819. The molecule has 1 rings (SSSR count). The fraction of sp³-hybridized carbons (Fsp3) is 1.00. The molecule has 1 atom stereocenters. The highest BCUT2D eigenvalue weighted by molar-refractivity contribution is 4.66. The lowest BCUT2D eigenvalue weighted by atomic mass is 9.98. The SMILES string of the molecule is CC(C)C1CNOC1. The molecule has 0 saturated carbocycles. The molecule has 1 fully saturated rings. The minimum atomic E-state index is 0.731. The molecule has 0 radical (unpaired) electrons. The Morgan fingerprint density at radius 2 is 2.38 bits per heavy atom. The first-order chi connectivity index (χ1) is 3.80. The zero-order valence-electron chi connectivity index (χ0n) is 5.48. The molecule has 2 nitrogen and oxygen atoms in total. The van der Waals surface area contributed by atoms with Crippen molar-refractivity contribution in [3.63, 3.8) is 0 Å². The van der Waals surface area contributed by atoms with Crippen molar-refractivity contribution in [1.82, 2.24) is 5.48 Å². The maximum Gasteiger partial charge on any atom is 0.0725 e. The minimum Gasteiger partial charge on any atom is -0.301 e. The van der Waals surface area contributed by atoms with Crippen molar-refractivity contribution >= 4 is 0 Å². The number of nitrogens with one attached hydrogen (secondary N) is 1. The van der Waals surface area contributed by atoms with Crippen LogP contribution in [0.1, 0.15) is 13.8 Å². The molecule has 1 unspecified atom stereocenters. The predicted molar refractivity (Wildman–Crippen MR) is 32.3 cm³/mol. The lowest BCUT2D eigenvalue weighted by molar-refractivity contribution is 0.0939. The summed E-state index contributed by atoms with van der Waals surface area (Å²) < 4.78 is 0. The molecule has 0 amide bonds. The summed E-state index contributed by atoms with van der Waals surface area (Å²) in [5.74, 6) is 1.49. The molecule has 1 heterocycles. The summed E-state index contributed by atoms with van der Waals surface area (Å²) in [5, 5.41) is 0. The molecular formula is C6H13NO. The van der Waals surface area contributed by atoms with Crippen molar-refractivity contribution in [3.05, 3.63) is 0 Å². The Morgan fingerprint density at radius 1 is 1.62 bits per heavy atom. The third-order valence-corrected chi connectivity index (χ3v) is 1.69. The normalized spacial score (nSPS) is 29.6. The van der Waals surface area contributed by atoms with Gasteiger partial charge in [-0.2, -0.15) is 0 Å². The summed E-state index contributed by atoms with van der Waals surface area (Å²) in [7, 11) is 0. The van der Waals surface area contributed by atoms with Gasteiger partial charge in [0, 0.05) is 12.5 Å². The van der Waals surface area contributed by atoms with Gasteiger partial charge in [0.05, 0.1) is 6.61 Å². The Labute approximate surface area is 50.2 Å². The number of hydroxylamine groups is 1. The van der Waals surface area contributed by atoms with E-state index in [9.17, 15) is 0 Å². The van der Waals surface area contributed by atoms with E-state index in [0.717, 1.165) is 25.0 Å². The summed E-state index contributed by atoms with van der Waals surface area (Å²) in [6.07, 6.45) is 0. The molecule has 1 aliphatic heterocycles. The molecule has 2 heteroatoms. The van der Waals surface area contributed by atoms with Crippen LogP contribution in [-0.2, 0) is 4.84 Å². The Balaban J connectivity index is 2.24. The van der Waals surface area contributed by atoms with E-state index in [1.54, 1.807) is 0 Å². The molecule has 0 aliphatic carbocycles. The van der Waals surface area contributed by atoms with Gasteiger partial charge in [-0.25, -0.2) is 5.48 Å². The standard InChI is InChI=1S/C6H13NO/c1-5(2)6-3-7-8-4-6/h5-7H,3-4H2,1-2H3. The summed E-state index contributed by atoms with van der Waals surface area (Å²) in [4.78, 5) is 4.97. The summed E-state index contributed by atoms with van der Waals surface area (Å²) in [6, 6.07) is 0. The van der Waals surface area contributed by atoms with E-state index < -0.39 is 0 Å². The average molecular weight is 115 g/mol. The van der Waals surface area contributed by atoms with Crippen molar-refractivity contribution in [1.29, 1.82) is 0 Å². The summed E-state index contributed by atoms with van der Waals surface area (Å²) >= 11 is 0. The highest BCUT2D eigenvalue weighted by atomic mass is 16.7. The minimum absolute atomic E-state index is 0.731. The maximum atomic E-state index is 4.97. The second-order valence-electron chi connectivity index (χ2n) is 2.66. The monoisotopic (exact) mass is 115 g/mol. The predicted octanol–water partition coefficient (Wildman–Crippen LogP) is 0.793. The highest BCUT2D eigenvalue weighted by Gasteiger charge is 2.17. The lowest BCUT2D eigenvalue weighted by Crippen LogP contribution is -2.13. The van der Waals surface area contributed by atoms with Crippen LogP contribution in [0, 0.1) is 11.8 Å². The zero-order chi connectivity index (χ0) is 5.98. The Morgan fingerprint density at radius 3 is 2.62 bits per heavy atom. The van der Waals surface area contributed by atoms with E-state index in [1.165, 1.54) is 0 Å². The highest BCUT2D eigenvalue weighted by Crippen LogP contribution is 2.12. The molecule has 1 aliphatic rings. The lowest BCUT2D eigenvalue weighted by Gasteiger charge is -2.08.